The number of sulfonamides is 1. The molecule has 3 rings (SSSR count). The molecule has 3 aromatic carbocycles. The highest BCUT2D eigenvalue weighted by atomic mass is 32.2. The molecule has 0 aliphatic carbocycles. The maximum atomic E-state index is 13.9. The normalized spacial score (nSPS) is 12.1. The molecule has 0 spiro atoms. The second kappa shape index (κ2) is 14.0. The Morgan fingerprint density at radius 1 is 0.925 bits per heavy atom. The van der Waals surface area contributed by atoms with Crippen LogP contribution in [0.1, 0.15) is 38.8 Å². The summed E-state index contributed by atoms with van der Waals surface area (Å²) in [4.78, 5) is 28.5. The highest BCUT2D eigenvalue weighted by molar-refractivity contribution is 7.92. The number of nitrogens with one attached hydrogen (secondary N) is 1. The van der Waals surface area contributed by atoms with E-state index in [-0.39, 0.29) is 23.3 Å². The summed E-state index contributed by atoms with van der Waals surface area (Å²) in [6.07, 6.45) is 0. The number of nitrogens with zero attached hydrogens (tertiary/aromatic N) is 2. The maximum Gasteiger partial charge on any atom is 0.264 e. The molecule has 0 aliphatic heterocycles. The van der Waals surface area contributed by atoms with Crippen LogP contribution in [0.15, 0.2) is 83.8 Å². The molecule has 40 heavy (non-hydrogen) atoms. The first-order chi connectivity index (χ1) is 19.0. The standard InChI is InChI=1S/C31H39N3O5S/c1-6-39-28-15-17-29(18-16-28)40(37,38)34(27-13-8-7-9-14-27)22-30(35)33(21-26-12-10-11-24(4)19-26)25(5)31(36)32-20-23(2)3/h7-19,23,25H,6,20-22H2,1-5H3,(H,32,36)/t25-/m0/s1. The average Bonchev–Trinajstić information content (AvgIpc) is 2.93. The average molecular weight is 566 g/mol. The summed E-state index contributed by atoms with van der Waals surface area (Å²) >= 11 is 0. The summed E-state index contributed by atoms with van der Waals surface area (Å²) in [5.74, 6) is 0.00154. The summed E-state index contributed by atoms with van der Waals surface area (Å²) in [6.45, 7) is 10.0. The van der Waals surface area contributed by atoms with E-state index in [4.69, 9.17) is 4.74 Å². The van der Waals surface area contributed by atoms with E-state index in [1.807, 2.05) is 52.0 Å². The van der Waals surface area contributed by atoms with Crippen LogP contribution in [-0.4, -0.2) is 50.9 Å². The largest absolute Gasteiger partial charge is 0.494 e. The van der Waals surface area contributed by atoms with Crippen molar-refractivity contribution in [3.05, 3.63) is 90.0 Å². The van der Waals surface area contributed by atoms with Gasteiger partial charge in [-0.2, -0.15) is 0 Å². The number of ether oxygens (including phenoxy) is 1. The lowest BCUT2D eigenvalue weighted by Crippen LogP contribution is -2.51. The van der Waals surface area contributed by atoms with Crippen LogP contribution in [0.4, 0.5) is 5.69 Å². The van der Waals surface area contributed by atoms with Crippen LogP contribution in [0.5, 0.6) is 5.75 Å². The molecule has 1 atom stereocenters. The van der Waals surface area contributed by atoms with Crippen molar-refractivity contribution in [1.82, 2.24) is 10.2 Å². The van der Waals surface area contributed by atoms with Gasteiger partial charge in [0.15, 0.2) is 0 Å². The predicted octanol–water partition coefficient (Wildman–Crippen LogP) is 4.78. The third kappa shape index (κ3) is 8.08. The van der Waals surface area contributed by atoms with Crippen LogP contribution in [0.25, 0.3) is 0 Å². The van der Waals surface area contributed by atoms with Gasteiger partial charge in [0.25, 0.3) is 10.0 Å². The van der Waals surface area contributed by atoms with Gasteiger partial charge in [0.05, 0.1) is 17.2 Å². The van der Waals surface area contributed by atoms with Gasteiger partial charge < -0.3 is 15.0 Å². The second-order valence-corrected chi connectivity index (χ2v) is 11.9. The van der Waals surface area contributed by atoms with Crippen LogP contribution in [-0.2, 0) is 26.2 Å². The molecule has 0 heterocycles. The molecule has 0 saturated carbocycles. The lowest BCUT2D eigenvalue weighted by atomic mass is 10.1. The zero-order valence-corrected chi connectivity index (χ0v) is 24.6. The van der Waals surface area contributed by atoms with Gasteiger partial charge in [-0.1, -0.05) is 61.9 Å². The number of hydrogen-bond donors (Lipinski definition) is 1. The number of carbonyl (C=O) groups is 2. The van der Waals surface area contributed by atoms with Crippen molar-refractivity contribution in [3.8, 4) is 5.75 Å². The van der Waals surface area contributed by atoms with Crippen molar-refractivity contribution in [2.45, 2.75) is 52.1 Å². The molecule has 0 bridgehead atoms. The van der Waals surface area contributed by atoms with Gasteiger partial charge in [-0.15, -0.1) is 0 Å². The molecule has 0 saturated heterocycles. The van der Waals surface area contributed by atoms with Crippen LogP contribution in [0.2, 0.25) is 0 Å². The topological polar surface area (TPSA) is 96.0 Å². The molecule has 8 nitrogen and oxygen atoms in total. The number of carbonyl (C=O) groups excluding carboxylic acids is 2. The fourth-order valence-electron chi connectivity index (χ4n) is 4.17. The Labute approximate surface area is 238 Å². The lowest BCUT2D eigenvalue weighted by Gasteiger charge is -2.32. The van der Waals surface area contributed by atoms with Crippen molar-refractivity contribution >= 4 is 27.5 Å². The SMILES string of the molecule is CCOc1ccc(S(=O)(=O)N(CC(=O)N(Cc2cccc(C)c2)[C@@H](C)C(=O)NCC(C)C)c2ccccc2)cc1. The van der Waals surface area contributed by atoms with E-state index in [2.05, 4.69) is 5.32 Å². The van der Waals surface area contributed by atoms with Crippen LogP contribution in [0, 0.1) is 12.8 Å². The van der Waals surface area contributed by atoms with Crippen molar-refractivity contribution in [1.29, 1.82) is 0 Å². The van der Waals surface area contributed by atoms with Gasteiger partial charge in [-0.25, -0.2) is 8.42 Å². The number of amides is 2. The Kier molecular flexibility index (Phi) is 10.7. The number of benzene rings is 3. The van der Waals surface area contributed by atoms with E-state index in [0.717, 1.165) is 15.4 Å². The maximum absolute atomic E-state index is 13.9. The minimum absolute atomic E-state index is 0.0283. The van der Waals surface area contributed by atoms with Gasteiger partial charge in [0.2, 0.25) is 11.8 Å². The summed E-state index contributed by atoms with van der Waals surface area (Å²) in [7, 11) is -4.13. The fraction of sp³-hybridized carbons (Fsp3) is 0.355. The summed E-state index contributed by atoms with van der Waals surface area (Å²) in [6, 6.07) is 21.5. The first-order valence-corrected chi connectivity index (χ1v) is 14.9. The minimum atomic E-state index is -4.13. The fourth-order valence-corrected chi connectivity index (χ4v) is 5.58. The third-order valence-corrected chi connectivity index (χ3v) is 8.12. The molecule has 3 aromatic rings. The van der Waals surface area contributed by atoms with E-state index in [9.17, 15) is 18.0 Å². The van der Waals surface area contributed by atoms with Crippen LogP contribution in [0.3, 0.4) is 0 Å². The van der Waals surface area contributed by atoms with Crippen molar-refractivity contribution in [3.63, 3.8) is 0 Å². The van der Waals surface area contributed by atoms with E-state index < -0.39 is 28.5 Å². The Morgan fingerprint density at radius 3 is 2.20 bits per heavy atom. The highest BCUT2D eigenvalue weighted by Crippen LogP contribution is 2.26. The van der Waals surface area contributed by atoms with Gasteiger partial charge in [0, 0.05) is 13.1 Å². The summed E-state index contributed by atoms with van der Waals surface area (Å²) < 4.78 is 34.3. The van der Waals surface area contributed by atoms with Crippen molar-refractivity contribution < 1.29 is 22.7 Å². The Bertz CT molecular complexity index is 1380. The Balaban J connectivity index is 1.98. The molecule has 214 valence electrons. The molecule has 0 radical (unpaired) electrons. The molecule has 2 amide bonds. The molecular formula is C31H39N3O5S. The molecule has 0 fully saturated rings. The third-order valence-electron chi connectivity index (χ3n) is 6.33. The smallest absolute Gasteiger partial charge is 0.264 e. The predicted molar refractivity (Wildman–Crippen MR) is 158 cm³/mol. The number of para-hydroxylation sites is 1. The Morgan fingerprint density at radius 2 is 1.60 bits per heavy atom. The lowest BCUT2D eigenvalue weighted by molar-refractivity contribution is -0.139. The van der Waals surface area contributed by atoms with Crippen LogP contribution >= 0.6 is 0 Å². The van der Waals surface area contributed by atoms with Crippen molar-refractivity contribution in [2.75, 3.05) is 24.0 Å². The second-order valence-electron chi connectivity index (χ2n) is 10.1. The number of aryl methyl sites for hydroxylation is 1. The molecule has 1 N–H and O–H groups in total. The number of rotatable bonds is 13. The quantitative estimate of drug-likeness (QED) is 0.322. The van der Waals surface area contributed by atoms with Gasteiger partial charge in [0.1, 0.15) is 18.3 Å². The number of anilines is 1. The molecule has 0 aliphatic rings. The van der Waals surface area contributed by atoms with E-state index >= 15 is 0 Å². The number of hydrogen-bond acceptors (Lipinski definition) is 5. The molecule has 0 unspecified atom stereocenters. The molecule has 9 heteroatoms. The summed E-state index contributed by atoms with van der Waals surface area (Å²) in [5.41, 5.74) is 2.21. The molecular weight excluding hydrogens is 526 g/mol. The van der Waals surface area contributed by atoms with E-state index in [1.54, 1.807) is 49.4 Å². The highest BCUT2D eigenvalue weighted by Gasteiger charge is 2.32. The molecule has 0 aromatic heterocycles. The van der Waals surface area contributed by atoms with Gasteiger partial charge >= 0.3 is 0 Å². The summed E-state index contributed by atoms with van der Waals surface area (Å²) in [5, 5.41) is 2.89. The zero-order chi connectivity index (χ0) is 29.3. The van der Waals surface area contributed by atoms with Crippen molar-refractivity contribution in [2.24, 2.45) is 5.92 Å². The van der Waals surface area contributed by atoms with Gasteiger partial charge in [-0.3, -0.25) is 13.9 Å². The van der Waals surface area contributed by atoms with E-state index in [0.29, 0.717) is 24.6 Å². The minimum Gasteiger partial charge on any atom is -0.494 e. The van der Waals surface area contributed by atoms with Crippen LogP contribution < -0.4 is 14.4 Å². The first-order valence-electron chi connectivity index (χ1n) is 13.5. The zero-order valence-electron chi connectivity index (χ0n) is 23.8. The Hall–Kier alpha value is -3.85. The first kappa shape index (κ1) is 30.7. The van der Waals surface area contributed by atoms with E-state index in [1.165, 1.54) is 17.0 Å². The monoisotopic (exact) mass is 565 g/mol. The van der Waals surface area contributed by atoms with Gasteiger partial charge in [-0.05, 0) is 68.7 Å².